The van der Waals surface area contributed by atoms with E-state index in [2.05, 4.69) is 87.6 Å². The van der Waals surface area contributed by atoms with E-state index in [1.807, 2.05) is 24.3 Å². The lowest BCUT2D eigenvalue weighted by molar-refractivity contribution is -0.136. The van der Waals surface area contributed by atoms with Crippen molar-refractivity contribution >= 4 is 40.2 Å². The Hall–Kier alpha value is -5.41. The Kier molecular flexibility index (Phi) is 10.2. The third kappa shape index (κ3) is 7.37. The van der Waals surface area contributed by atoms with E-state index < -0.39 is 6.04 Å². The van der Waals surface area contributed by atoms with Gasteiger partial charge in [-0.1, -0.05) is 61.5 Å². The third-order valence-electron chi connectivity index (χ3n) is 11.8. The Morgan fingerprint density at radius 1 is 0.722 bits per heavy atom. The topological polar surface area (TPSA) is 96.4 Å². The molecule has 278 valence electrons. The van der Waals surface area contributed by atoms with E-state index in [4.69, 9.17) is 0 Å². The molecular weight excluding hydrogens is 675 g/mol. The van der Waals surface area contributed by atoms with Crippen LogP contribution in [0.25, 0.3) is 11.1 Å². The predicted molar refractivity (Wildman–Crippen MR) is 213 cm³/mol. The Labute approximate surface area is 317 Å². The smallest absolute Gasteiger partial charge is 0.255 e. The van der Waals surface area contributed by atoms with Crippen molar-refractivity contribution < 1.29 is 19.5 Å². The van der Waals surface area contributed by atoms with Crippen LogP contribution >= 0.6 is 0 Å². The van der Waals surface area contributed by atoms with Gasteiger partial charge in [-0.2, -0.15) is 0 Å². The van der Waals surface area contributed by atoms with Gasteiger partial charge in [-0.05, 0) is 107 Å². The zero-order valence-electron chi connectivity index (χ0n) is 31.0. The van der Waals surface area contributed by atoms with Crippen molar-refractivity contribution in [2.75, 3.05) is 55.6 Å². The van der Waals surface area contributed by atoms with Gasteiger partial charge >= 0.3 is 0 Å². The number of carbonyl (C=O) groups is 3. The fourth-order valence-electron chi connectivity index (χ4n) is 8.83. The minimum atomic E-state index is -0.589. The summed E-state index contributed by atoms with van der Waals surface area (Å²) in [6.45, 7) is 9.76. The number of fused-ring (bicyclic) bond motifs is 1. The molecule has 4 aliphatic rings. The number of piperazine rings is 1. The van der Waals surface area contributed by atoms with E-state index in [1.54, 1.807) is 17.0 Å². The number of phenolic OH excluding ortho intramolecular Hbond substituents is 1. The second-order valence-corrected chi connectivity index (χ2v) is 15.1. The van der Waals surface area contributed by atoms with E-state index in [-0.39, 0.29) is 29.9 Å². The summed E-state index contributed by atoms with van der Waals surface area (Å²) in [7, 11) is 0. The number of hydrogen-bond acceptors (Lipinski definition) is 7. The Morgan fingerprint density at radius 2 is 1.37 bits per heavy atom. The number of piperidine rings is 2. The van der Waals surface area contributed by atoms with E-state index in [9.17, 15) is 19.5 Å². The molecule has 0 unspecified atom stereocenters. The molecule has 0 radical (unpaired) electrons. The molecule has 4 aromatic rings. The van der Waals surface area contributed by atoms with Crippen LogP contribution < -0.4 is 15.1 Å². The Morgan fingerprint density at radius 3 is 2.04 bits per heavy atom. The first-order valence-electron chi connectivity index (χ1n) is 19.5. The van der Waals surface area contributed by atoms with Crippen LogP contribution in [0.4, 0.5) is 11.4 Å². The first kappa shape index (κ1) is 35.6. The van der Waals surface area contributed by atoms with Gasteiger partial charge in [-0.15, -0.1) is 0 Å². The van der Waals surface area contributed by atoms with Gasteiger partial charge < -0.3 is 19.8 Å². The van der Waals surface area contributed by atoms with Gasteiger partial charge in [0.2, 0.25) is 11.8 Å². The monoisotopic (exact) mass is 723 g/mol. The van der Waals surface area contributed by atoms with Crippen LogP contribution in [0.5, 0.6) is 5.75 Å². The van der Waals surface area contributed by atoms with Gasteiger partial charge in [-0.25, -0.2) is 0 Å². The summed E-state index contributed by atoms with van der Waals surface area (Å²) in [4.78, 5) is 46.4. The van der Waals surface area contributed by atoms with Gasteiger partial charge in [0.15, 0.2) is 0 Å². The summed E-state index contributed by atoms with van der Waals surface area (Å²) < 4.78 is 0. The zero-order valence-corrected chi connectivity index (χ0v) is 31.0. The number of anilines is 2. The molecule has 0 aliphatic carbocycles. The molecule has 4 heterocycles. The molecule has 0 aromatic heterocycles. The highest BCUT2D eigenvalue weighted by molar-refractivity contribution is 6.05. The molecule has 1 atom stereocenters. The van der Waals surface area contributed by atoms with E-state index >= 15 is 0 Å². The number of nitrogens with zero attached hydrogens (tertiary/aromatic N) is 4. The predicted octanol–water partition coefficient (Wildman–Crippen LogP) is 6.56. The van der Waals surface area contributed by atoms with Gasteiger partial charge in [-0.3, -0.25) is 24.6 Å². The van der Waals surface area contributed by atoms with Gasteiger partial charge in [0, 0.05) is 75.7 Å². The van der Waals surface area contributed by atoms with Crippen LogP contribution in [0.15, 0.2) is 97.1 Å². The maximum Gasteiger partial charge on any atom is 0.255 e. The van der Waals surface area contributed by atoms with Crippen molar-refractivity contribution in [3.05, 3.63) is 125 Å². The molecule has 8 rings (SSSR count). The standard InChI is InChI=1S/C45H49N5O4/c1-2-39(32-6-4-3-5-7-32)43(34-10-15-38(51)16-11-34)33-8-12-36(13-9-33)48-22-20-31(21-23-48)29-47-24-26-49(27-25-47)37-14-17-40-35(28-37)30-50(45(40)54)41-18-19-42(52)46-44(41)53/h3-17,28,31,41,51H,2,18-27,29-30H2,1H3,(H,46,52,53)/b43-39-/t41-/m0/s1. The fraction of sp³-hybridized carbons (Fsp3) is 0.356. The van der Waals surface area contributed by atoms with E-state index in [1.165, 1.54) is 40.8 Å². The quantitative estimate of drug-likeness (QED) is 0.149. The number of carbonyl (C=O) groups excluding carboxylic acids is 3. The van der Waals surface area contributed by atoms with Gasteiger partial charge in [0.25, 0.3) is 5.91 Å². The number of nitrogens with one attached hydrogen (secondary N) is 1. The van der Waals surface area contributed by atoms with Crippen molar-refractivity contribution in [1.82, 2.24) is 15.1 Å². The number of benzene rings is 4. The van der Waals surface area contributed by atoms with Crippen LogP contribution in [0, 0.1) is 5.92 Å². The third-order valence-corrected chi connectivity index (χ3v) is 11.8. The molecule has 4 aliphatic heterocycles. The van der Waals surface area contributed by atoms with Crippen molar-refractivity contribution in [3.63, 3.8) is 0 Å². The lowest BCUT2D eigenvalue weighted by Gasteiger charge is -2.40. The summed E-state index contributed by atoms with van der Waals surface area (Å²) in [5, 5.41) is 12.4. The van der Waals surface area contributed by atoms with Crippen LogP contribution in [0.3, 0.4) is 0 Å². The molecule has 2 N–H and O–H groups in total. The number of phenols is 1. The highest BCUT2D eigenvalue weighted by Crippen LogP contribution is 2.36. The van der Waals surface area contributed by atoms with Crippen LogP contribution in [-0.2, 0) is 16.1 Å². The first-order chi connectivity index (χ1) is 26.3. The highest BCUT2D eigenvalue weighted by atomic mass is 16.3. The van der Waals surface area contributed by atoms with Gasteiger partial charge in [0.1, 0.15) is 11.8 Å². The molecule has 0 bridgehead atoms. The van der Waals surface area contributed by atoms with E-state index in [0.29, 0.717) is 24.4 Å². The van der Waals surface area contributed by atoms with E-state index in [0.717, 1.165) is 69.0 Å². The SMILES string of the molecule is CC/C(=C(/c1ccc(O)cc1)c1ccc(N2CCC(CN3CCN(c4ccc5c(c4)CN([C@H]4CCC(=O)NC4=O)C5=O)CC3)CC2)cc1)c1ccccc1. The number of rotatable bonds is 9. The van der Waals surface area contributed by atoms with Crippen LogP contribution in [0.2, 0.25) is 0 Å². The van der Waals surface area contributed by atoms with Crippen molar-refractivity contribution in [3.8, 4) is 5.75 Å². The van der Waals surface area contributed by atoms with Gasteiger partial charge in [0.05, 0.1) is 0 Å². The Balaban J connectivity index is 0.851. The molecule has 0 saturated carbocycles. The lowest BCUT2D eigenvalue weighted by atomic mass is 9.88. The number of aromatic hydroxyl groups is 1. The minimum Gasteiger partial charge on any atom is -0.508 e. The zero-order chi connectivity index (χ0) is 37.2. The molecular formula is C45H49N5O4. The highest BCUT2D eigenvalue weighted by Gasteiger charge is 2.39. The molecule has 9 nitrogen and oxygen atoms in total. The number of amides is 3. The second-order valence-electron chi connectivity index (χ2n) is 15.1. The average molecular weight is 724 g/mol. The second kappa shape index (κ2) is 15.5. The molecule has 54 heavy (non-hydrogen) atoms. The minimum absolute atomic E-state index is 0.125. The summed E-state index contributed by atoms with van der Waals surface area (Å²) >= 11 is 0. The summed E-state index contributed by atoms with van der Waals surface area (Å²) in [5.41, 5.74) is 10.0. The fourth-order valence-corrected chi connectivity index (χ4v) is 8.83. The first-order valence-corrected chi connectivity index (χ1v) is 19.5. The van der Waals surface area contributed by atoms with Crippen LogP contribution in [0.1, 0.15) is 71.6 Å². The van der Waals surface area contributed by atoms with Crippen LogP contribution in [-0.4, -0.2) is 84.5 Å². The summed E-state index contributed by atoms with van der Waals surface area (Å²) in [6, 6.07) is 32.7. The summed E-state index contributed by atoms with van der Waals surface area (Å²) in [6.07, 6.45) is 3.89. The Bertz CT molecular complexity index is 2030. The summed E-state index contributed by atoms with van der Waals surface area (Å²) in [5.74, 6) is 0.185. The lowest BCUT2D eigenvalue weighted by Crippen LogP contribution is -2.52. The maximum atomic E-state index is 13.1. The molecule has 3 fully saturated rings. The average Bonchev–Trinajstić information content (AvgIpc) is 3.53. The molecule has 0 spiro atoms. The van der Waals surface area contributed by atoms with Crippen molar-refractivity contribution in [2.45, 2.75) is 51.6 Å². The number of imide groups is 1. The normalized spacial score (nSPS) is 20.2. The number of allylic oxidation sites excluding steroid dienone is 1. The maximum absolute atomic E-state index is 13.1. The van der Waals surface area contributed by atoms with Crippen molar-refractivity contribution in [2.24, 2.45) is 5.92 Å². The number of hydrogen-bond donors (Lipinski definition) is 2. The largest absolute Gasteiger partial charge is 0.508 e. The van der Waals surface area contributed by atoms with Crippen molar-refractivity contribution in [1.29, 1.82) is 0 Å². The molecule has 3 saturated heterocycles. The molecule has 4 aromatic carbocycles. The molecule has 3 amide bonds. The molecule has 9 heteroatoms.